The minimum Gasteiger partial charge on any atom is -0.367 e. The molecule has 3 aromatic heterocycles. The lowest BCUT2D eigenvalue weighted by Crippen LogP contribution is -2.24. The minimum atomic E-state index is -0.937. The van der Waals surface area contributed by atoms with Crippen LogP contribution >= 0.6 is 0 Å². The van der Waals surface area contributed by atoms with Crippen LogP contribution in [-0.2, 0) is 13.1 Å². The molecule has 1 aliphatic carbocycles. The molecule has 0 aliphatic heterocycles. The Labute approximate surface area is 215 Å². The van der Waals surface area contributed by atoms with Gasteiger partial charge in [0, 0.05) is 29.9 Å². The second kappa shape index (κ2) is 10.7. The van der Waals surface area contributed by atoms with Crippen molar-refractivity contribution >= 4 is 22.8 Å². The van der Waals surface area contributed by atoms with E-state index in [-0.39, 0.29) is 18.4 Å². The molecule has 0 saturated heterocycles. The molecule has 4 aromatic rings. The Morgan fingerprint density at radius 2 is 1.89 bits per heavy atom. The van der Waals surface area contributed by atoms with E-state index in [9.17, 15) is 13.6 Å². The number of benzene rings is 1. The summed E-state index contributed by atoms with van der Waals surface area (Å²) in [7, 11) is 0. The number of carbonyl (C=O) groups is 1. The van der Waals surface area contributed by atoms with Crippen LogP contribution < -0.4 is 10.6 Å². The molecule has 1 saturated carbocycles. The highest BCUT2D eigenvalue weighted by atomic mass is 19.2. The molecule has 8 heteroatoms. The number of amides is 1. The number of nitrogens with one attached hydrogen (secondary N) is 2. The van der Waals surface area contributed by atoms with Crippen molar-refractivity contribution in [1.82, 2.24) is 19.9 Å². The van der Waals surface area contributed by atoms with Gasteiger partial charge in [0.2, 0.25) is 0 Å². The molecule has 5 rings (SSSR count). The van der Waals surface area contributed by atoms with Crippen LogP contribution in [0.4, 0.5) is 14.6 Å². The van der Waals surface area contributed by atoms with Crippen LogP contribution in [0, 0.1) is 11.6 Å². The van der Waals surface area contributed by atoms with Gasteiger partial charge in [-0.2, -0.15) is 0 Å². The van der Waals surface area contributed by atoms with E-state index in [2.05, 4.69) is 20.2 Å². The van der Waals surface area contributed by atoms with Crippen molar-refractivity contribution in [2.45, 2.75) is 64.6 Å². The summed E-state index contributed by atoms with van der Waals surface area (Å²) in [5.41, 5.74) is 3.47. The Morgan fingerprint density at radius 3 is 2.59 bits per heavy atom. The normalized spacial score (nSPS) is 14.0. The van der Waals surface area contributed by atoms with Crippen LogP contribution in [0.1, 0.15) is 72.8 Å². The van der Waals surface area contributed by atoms with Crippen molar-refractivity contribution in [2.75, 3.05) is 5.32 Å². The lowest BCUT2D eigenvalue weighted by molar-refractivity contribution is 0.0951. The van der Waals surface area contributed by atoms with Gasteiger partial charge in [-0.25, -0.2) is 13.8 Å². The lowest BCUT2D eigenvalue weighted by atomic mass is 10.0. The third kappa shape index (κ3) is 5.33. The summed E-state index contributed by atoms with van der Waals surface area (Å²) in [5.74, 6) is -1.32. The van der Waals surface area contributed by atoms with Crippen molar-refractivity contribution in [1.29, 1.82) is 0 Å². The molecule has 0 atom stereocenters. The van der Waals surface area contributed by atoms with Gasteiger partial charge in [0.15, 0.2) is 11.6 Å². The first-order valence-electron chi connectivity index (χ1n) is 12.8. The maximum atomic E-state index is 13.7. The highest BCUT2D eigenvalue weighted by Crippen LogP contribution is 2.33. The molecule has 192 valence electrons. The van der Waals surface area contributed by atoms with E-state index in [1.807, 2.05) is 44.2 Å². The van der Waals surface area contributed by atoms with Crippen molar-refractivity contribution in [3.05, 3.63) is 88.9 Å². The number of rotatable bonds is 8. The van der Waals surface area contributed by atoms with E-state index in [4.69, 9.17) is 4.98 Å². The van der Waals surface area contributed by atoms with Gasteiger partial charge in [0.1, 0.15) is 11.5 Å². The molecular weight excluding hydrogens is 472 g/mol. The summed E-state index contributed by atoms with van der Waals surface area (Å²) in [5, 5.41) is 7.21. The zero-order valence-electron chi connectivity index (χ0n) is 21.1. The van der Waals surface area contributed by atoms with Gasteiger partial charge < -0.3 is 15.2 Å². The maximum absolute atomic E-state index is 13.7. The molecule has 1 aromatic carbocycles. The van der Waals surface area contributed by atoms with Crippen molar-refractivity contribution < 1.29 is 13.6 Å². The SMILES string of the molecule is CC(C)c1c(C(=O)NCc2ccc(F)c(F)c2)c2ccc(NC3CCCC3)nc2n1Cc1ccccn1. The molecule has 1 fully saturated rings. The predicted octanol–water partition coefficient (Wildman–Crippen LogP) is 6.17. The highest BCUT2D eigenvalue weighted by Gasteiger charge is 2.26. The van der Waals surface area contributed by atoms with Crippen LogP contribution in [0.5, 0.6) is 0 Å². The van der Waals surface area contributed by atoms with E-state index < -0.39 is 11.6 Å². The average molecular weight is 504 g/mol. The van der Waals surface area contributed by atoms with E-state index in [1.165, 1.54) is 18.9 Å². The molecule has 2 N–H and O–H groups in total. The molecular formula is C29H31F2N5O. The van der Waals surface area contributed by atoms with Gasteiger partial charge in [0.25, 0.3) is 5.91 Å². The molecule has 1 amide bonds. The van der Waals surface area contributed by atoms with Gasteiger partial charge in [-0.3, -0.25) is 9.78 Å². The van der Waals surface area contributed by atoms with Gasteiger partial charge >= 0.3 is 0 Å². The molecule has 0 unspecified atom stereocenters. The van der Waals surface area contributed by atoms with Gasteiger partial charge in [-0.05, 0) is 60.7 Å². The Hall–Kier alpha value is -3.81. The fourth-order valence-electron chi connectivity index (χ4n) is 5.17. The second-order valence-electron chi connectivity index (χ2n) is 9.95. The number of carbonyl (C=O) groups excluding carboxylic acids is 1. The van der Waals surface area contributed by atoms with Crippen molar-refractivity contribution in [3.63, 3.8) is 0 Å². The van der Waals surface area contributed by atoms with Gasteiger partial charge in [0.05, 0.1) is 17.8 Å². The first-order valence-corrected chi connectivity index (χ1v) is 12.8. The van der Waals surface area contributed by atoms with E-state index in [0.29, 0.717) is 23.7 Å². The summed E-state index contributed by atoms with van der Waals surface area (Å²) in [6.07, 6.45) is 6.45. The van der Waals surface area contributed by atoms with Crippen molar-refractivity contribution in [3.8, 4) is 0 Å². The third-order valence-corrected chi connectivity index (χ3v) is 6.91. The smallest absolute Gasteiger partial charge is 0.254 e. The number of aromatic nitrogens is 3. The fraction of sp³-hybridized carbons (Fsp3) is 0.345. The standard InChI is InChI=1S/C29H31F2N5O/c1-18(2)27-26(29(37)33-16-19-10-12-23(30)24(31)15-19)22-11-13-25(34-20-7-3-4-8-20)35-28(22)36(27)17-21-9-5-6-14-32-21/h5-6,9-15,18,20H,3-4,7-8,16-17H2,1-2H3,(H,33,37)(H,34,35). The lowest BCUT2D eigenvalue weighted by Gasteiger charge is -2.15. The van der Waals surface area contributed by atoms with Gasteiger partial charge in [-0.1, -0.05) is 38.8 Å². The number of pyridine rings is 2. The molecule has 0 bridgehead atoms. The number of fused-ring (bicyclic) bond motifs is 1. The Kier molecular flexibility index (Phi) is 7.17. The van der Waals surface area contributed by atoms with Crippen LogP contribution in [0.15, 0.2) is 54.7 Å². The number of hydrogen-bond acceptors (Lipinski definition) is 4. The van der Waals surface area contributed by atoms with Gasteiger partial charge in [-0.15, -0.1) is 0 Å². The minimum absolute atomic E-state index is 0.0215. The average Bonchev–Trinajstić information content (AvgIpc) is 3.51. The van der Waals surface area contributed by atoms with E-state index >= 15 is 0 Å². The quantitative estimate of drug-likeness (QED) is 0.302. The molecule has 3 heterocycles. The predicted molar refractivity (Wildman–Crippen MR) is 141 cm³/mol. The largest absolute Gasteiger partial charge is 0.367 e. The summed E-state index contributed by atoms with van der Waals surface area (Å²) >= 11 is 0. The first-order chi connectivity index (χ1) is 17.9. The Balaban J connectivity index is 1.55. The highest BCUT2D eigenvalue weighted by molar-refractivity contribution is 6.08. The zero-order chi connectivity index (χ0) is 25.9. The number of nitrogens with zero attached hydrogens (tertiary/aromatic N) is 3. The molecule has 0 radical (unpaired) electrons. The Bertz CT molecular complexity index is 1410. The van der Waals surface area contributed by atoms with Crippen molar-refractivity contribution in [2.24, 2.45) is 0 Å². The number of halogens is 2. The second-order valence-corrected chi connectivity index (χ2v) is 9.95. The van der Waals surface area contributed by atoms with E-state index in [1.54, 1.807) is 6.20 Å². The molecule has 0 spiro atoms. The first kappa shape index (κ1) is 24.9. The molecule has 6 nitrogen and oxygen atoms in total. The molecule has 37 heavy (non-hydrogen) atoms. The fourth-order valence-corrected chi connectivity index (χ4v) is 5.17. The zero-order valence-corrected chi connectivity index (χ0v) is 21.1. The Morgan fingerprint density at radius 1 is 1.08 bits per heavy atom. The maximum Gasteiger partial charge on any atom is 0.254 e. The topological polar surface area (TPSA) is 71.8 Å². The van der Waals surface area contributed by atoms with Crippen LogP contribution in [-0.4, -0.2) is 26.5 Å². The van der Waals surface area contributed by atoms with Crippen LogP contribution in [0.25, 0.3) is 11.0 Å². The summed E-state index contributed by atoms with van der Waals surface area (Å²) in [6.45, 7) is 4.65. The summed E-state index contributed by atoms with van der Waals surface area (Å²) < 4.78 is 29.1. The number of anilines is 1. The van der Waals surface area contributed by atoms with E-state index in [0.717, 1.165) is 53.2 Å². The summed E-state index contributed by atoms with van der Waals surface area (Å²) in [4.78, 5) is 23.1. The third-order valence-electron chi connectivity index (χ3n) is 6.91. The number of hydrogen-bond donors (Lipinski definition) is 2. The van der Waals surface area contributed by atoms with Crippen LogP contribution in [0.2, 0.25) is 0 Å². The summed E-state index contributed by atoms with van der Waals surface area (Å²) in [6, 6.07) is 13.7. The van der Waals surface area contributed by atoms with Crippen LogP contribution in [0.3, 0.4) is 0 Å². The molecule has 1 aliphatic rings. The monoisotopic (exact) mass is 503 g/mol.